The van der Waals surface area contributed by atoms with Crippen LogP contribution in [-0.4, -0.2) is 18.5 Å². The Balaban J connectivity index is 2.17. The van der Waals surface area contributed by atoms with E-state index in [0.717, 1.165) is 13.0 Å². The summed E-state index contributed by atoms with van der Waals surface area (Å²) in [5.74, 6) is 0.136. The van der Waals surface area contributed by atoms with Crippen LogP contribution in [0.4, 0.5) is 0 Å². The summed E-state index contributed by atoms with van der Waals surface area (Å²) in [6.45, 7) is 7.15. The molecule has 1 atom stereocenters. The van der Waals surface area contributed by atoms with Crippen molar-refractivity contribution in [1.29, 1.82) is 0 Å². The first-order valence-corrected chi connectivity index (χ1v) is 7.03. The van der Waals surface area contributed by atoms with Gasteiger partial charge in [-0.3, -0.25) is 4.79 Å². The molecule has 1 rings (SSSR count). The molecular weight excluding hydrogens is 232 g/mol. The molecule has 0 radical (unpaired) electrons. The topological polar surface area (TPSA) is 41.1 Å². The first-order valence-electron chi connectivity index (χ1n) is 6.15. The largest absolute Gasteiger partial charge is 0.349 e. The maximum Gasteiger partial charge on any atom is 0.220 e. The number of amides is 1. The van der Waals surface area contributed by atoms with Gasteiger partial charge >= 0.3 is 0 Å². The molecule has 0 saturated carbocycles. The van der Waals surface area contributed by atoms with Crippen molar-refractivity contribution in [3.63, 3.8) is 0 Å². The van der Waals surface area contributed by atoms with Crippen molar-refractivity contribution in [2.75, 3.05) is 6.54 Å². The Morgan fingerprint density at radius 2 is 2.18 bits per heavy atom. The second-order valence-corrected chi connectivity index (χ2v) is 5.50. The number of nitrogens with one attached hydrogen (secondary N) is 2. The Bertz CT molecular complexity index is 322. The molecule has 1 aromatic rings. The third-order valence-corrected chi connectivity index (χ3v) is 3.54. The summed E-state index contributed by atoms with van der Waals surface area (Å²) in [4.78, 5) is 12.9. The van der Waals surface area contributed by atoms with Crippen LogP contribution in [0.5, 0.6) is 0 Å². The van der Waals surface area contributed by atoms with Crippen LogP contribution >= 0.6 is 11.3 Å². The first kappa shape index (κ1) is 14.2. The molecule has 0 aliphatic carbocycles. The molecule has 0 saturated heterocycles. The van der Waals surface area contributed by atoms with E-state index in [1.165, 1.54) is 4.88 Å². The highest BCUT2D eigenvalue weighted by atomic mass is 32.1. The van der Waals surface area contributed by atoms with E-state index in [1.807, 2.05) is 18.4 Å². The normalized spacial score (nSPS) is 12.7. The highest BCUT2D eigenvalue weighted by molar-refractivity contribution is 7.10. The van der Waals surface area contributed by atoms with E-state index in [2.05, 4.69) is 30.5 Å². The Morgan fingerprint density at radius 1 is 1.41 bits per heavy atom. The molecule has 0 aromatic carbocycles. The summed E-state index contributed by atoms with van der Waals surface area (Å²) in [5.41, 5.74) is 0. The predicted molar refractivity (Wildman–Crippen MR) is 73.2 cm³/mol. The summed E-state index contributed by atoms with van der Waals surface area (Å²) in [6, 6.07) is 4.68. The van der Waals surface area contributed by atoms with Crippen molar-refractivity contribution in [3.8, 4) is 0 Å². The van der Waals surface area contributed by atoms with Gasteiger partial charge < -0.3 is 10.6 Å². The molecular formula is C13H22N2OS. The lowest BCUT2D eigenvalue weighted by Gasteiger charge is -2.12. The van der Waals surface area contributed by atoms with E-state index in [0.29, 0.717) is 12.5 Å². The van der Waals surface area contributed by atoms with Crippen molar-refractivity contribution in [1.82, 2.24) is 10.6 Å². The first-order chi connectivity index (χ1) is 8.09. The van der Waals surface area contributed by atoms with E-state index >= 15 is 0 Å². The van der Waals surface area contributed by atoms with E-state index in [1.54, 1.807) is 11.3 Å². The molecule has 17 heavy (non-hydrogen) atoms. The van der Waals surface area contributed by atoms with E-state index in [9.17, 15) is 4.79 Å². The number of rotatable bonds is 7. The van der Waals surface area contributed by atoms with Crippen LogP contribution in [0.25, 0.3) is 0 Å². The van der Waals surface area contributed by atoms with Crippen LogP contribution in [0, 0.1) is 0 Å². The highest BCUT2D eigenvalue weighted by Gasteiger charge is 2.09. The fraction of sp³-hybridized carbons (Fsp3) is 0.615. The zero-order valence-electron chi connectivity index (χ0n) is 10.8. The highest BCUT2D eigenvalue weighted by Crippen LogP contribution is 2.17. The molecule has 3 nitrogen and oxygen atoms in total. The second-order valence-electron chi connectivity index (χ2n) is 4.52. The van der Waals surface area contributed by atoms with Crippen molar-refractivity contribution in [2.45, 2.75) is 45.7 Å². The van der Waals surface area contributed by atoms with Gasteiger partial charge in [0.2, 0.25) is 5.91 Å². The Kier molecular flexibility index (Phi) is 6.22. The minimum atomic E-state index is 0.126. The molecule has 1 heterocycles. The fourth-order valence-corrected chi connectivity index (χ4v) is 2.30. The van der Waals surface area contributed by atoms with Crippen LogP contribution in [-0.2, 0) is 4.79 Å². The van der Waals surface area contributed by atoms with Crippen LogP contribution in [0.3, 0.4) is 0 Å². The quantitative estimate of drug-likeness (QED) is 0.735. The maximum atomic E-state index is 11.7. The van der Waals surface area contributed by atoms with Gasteiger partial charge in [0.25, 0.3) is 0 Å². The minimum absolute atomic E-state index is 0.126. The van der Waals surface area contributed by atoms with Gasteiger partial charge in [0.15, 0.2) is 0 Å². The van der Waals surface area contributed by atoms with Crippen LogP contribution < -0.4 is 10.6 Å². The summed E-state index contributed by atoms with van der Waals surface area (Å²) in [7, 11) is 0. The molecule has 0 aliphatic heterocycles. The van der Waals surface area contributed by atoms with Crippen molar-refractivity contribution >= 4 is 17.2 Å². The summed E-state index contributed by atoms with van der Waals surface area (Å²) >= 11 is 1.68. The van der Waals surface area contributed by atoms with E-state index in [4.69, 9.17) is 0 Å². The SMILES string of the molecule is CC(C)NCCCC(=O)N[C@@H](C)c1cccs1. The molecule has 0 bridgehead atoms. The molecule has 0 aliphatic rings. The van der Waals surface area contributed by atoms with Crippen LogP contribution in [0.2, 0.25) is 0 Å². The lowest BCUT2D eigenvalue weighted by atomic mass is 10.2. The third kappa shape index (κ3) is 5.84. The molecule has 0 fully saturated rings. The van der Waals surface area contributed by atoms with Gasteiger partial charge in [0.05, 0.1) is 6.04 Å². The number of carbonyl (C=O) groups excluding carboxylic acids is 1. The van der Waals surface area contributed by atoms with Gasteiger partial charge in [-0.1, -0.05) is 19.9 Å². The van der Waals surface area contributed by atoms with Gasteiger partial charge in [-0.25, -0.2) is 0 Å². The van der Waals surface area contributed by atoms with Gasteiger partial charge in [-0.15, -0.1) is 11.3 Å². The average molecular weight is 254 g/mol. The standard InChI is InChI=1S/C13H22N2OS/c1-10(2)14-8-4-7-13(16)15-11(3)12-6-5-9-17-12/h5-6,9-11,14H,4,7-8H2,1-3H3,(H,15,16)/t11-/m0/s1. The molecule has 0 unspecified atom stereocenters. The number of hydrogen-bond donors (Lipinski definition) is 2. The number of thiophene rings is 1. The van der Waals surface area contributed by atoms with Gasteiger partial charge in [-0.2, -0.15) is 0 Å². The maximum absolute atomic E-state index is 11.7. The summed E-state index contributed by atoms with van der Waals surface area (Å²) in [5, 5.41) is 8.35. The molecule has 2 N–H and O–H groups in total. The predicted octanol–water partition coefficient (Wildman–Crippen LogP) is 2.70. The summed E-state index contributed by atoms with van der Waals surface area (Å²) in [6.07, 6.45) is 1.48. The van der Waals surface area contributed by atoms with E-state index in [-0.39, 0.29) is 11.9 Å². The smallest absolute Gasteiger partial charge is 0.220 e. The average Bonchev–Trinajstić information content (AvgIpc) is 2.77. The van der Waals surface area contributed by atoms with Crippen LogP contribution in [0.1, 0.15) is 44.5 Å². The number of carbonyl (C=O) groups is 1. The Hall–Kier alpha value is -0.870. The lowest BCUT2D eigenvalue weighted by molar-refractivity contribution is -0.121. The fourth-order valence-electron chi connectivity index (χ4n) is 1.56. The van der Waals surface area contributed by atoms with Crippen molar-refractivity contribution in [3.05, 3.63) is 22.4 Å². The zero-order chi connectivity index (χ0) is 12.7. The minimum Gasteiger partial charge on any atom is -0.349 e. The molecule has 1 amide bonds. The Morgan fingerprint density at radius 3 is 2.76 bits per heavy atom. The van der Waals surface area contributed by atoms with Crippen molar-refractivity contribution in [2.24, 2.45) is 0 Å². The molecule has 0 spiro atoms. The molecule has 96 valence electrons. The Labute approximate surface area is 108 Å². The lowest BCUT2D eigenvalue weighted by Crippen LogP contribution is -2.28. The monoisotopic (exact) mass is 254 g/mol. The zero-order valence-corrected chi connectivity index (χ0v) is 11.6. The summed E-state index contributed by atoms with van der Waals surface area (Å²) < 4.78 is 0. The van der Waals surface area contributed by atoms with Gasteiger partial charge in [-0.05, 0) is 31.3 Å². The second kappa shape index (κ2) is 7.45. The van der Waals surface area contributed by atoms with E-state index < -0.39 is 0 Å². The van der Waals surface area contributed by atoms with Gasteiger partial charge in [0.1, 0.15) is 0 Å². The van der Waals surface area contributed by atoms with Gasteiger partial charge in [0, 0.05) is 17.3 Å². The number of hydrogen-bond acceptors (Lipinski definition) is 3. The molecule has 4 heteroatoms. The van der Waals surface area contributed by atoms with Crippen molar-refractivity contribution < 1.29 is 4.79 Å². The third-order valence-electron chi connectivity index (χ3n) is 2.48. The van der Waals surface area contributed by atoms with Crippen LogP contribution in [0.15, 0.2) is 17.5 Å². The molecule has 1 aromatic heterocycles.